The lowest BCUT2D eigenvalue weighted by Gasteiger charge is -2.15. The van der Waals surface area contributed by atoms with Gasteiger partial charge in [-0.1, -0.05) is 18.1 Å². The van der Waals surface area contributed by atoms with E-state index in [2.05, 4.69) is 37.9 Å². The third-order valence-corrected chi connectivity index (χ3v) is 2.70. The quantitative estimate of drug-likeness (QED) is 0.800. The molecule has 0 saturated carbocycles. The van der Waals surface area contributed by atoms with E-state index in [9.17, 15) is 4.39 Å². The van der Waals surface area contributed by atoms with Crippen LogP contribution in [0.5, 0.6) is 0 Å². The van der Waals surface area contributed by atoms with Crippen molar-refractivity contribution in [2.45, 2.75) is 40.2 Å². The van der Waals surface area contributed by atoms with Crippen LogP contribution in [0.3, 0.4) is 0 Å². The fourth-order valence-corrected chi connectivity index (χ4v) is 1.69. The van der Waals surface area contributed by atoms with Crippen molar-refractivity contribution in [3.8, 4) is 11.8 Å². The highest BCUT2D eigenvalue weighted by molar-refractivity contribution is 5.27. The monoisotopic (exact) mass is 247 g/mol. The molecule has 0 bridgehead atoms. The van der Waals surface area contributed by atoms with Crippen molar-refractivity contribution in [2.24, 2.45) is 5.41 Å². The van der Waals surface area contributed by atoms with E-state index < -0.39 is 0 Å². The fraction of sp³-hybridized carbons (Fsp3) is 0.500. The summed E-state index contributed by atoms with van der Waals surface area (Å²) >= 11 is 0. The smallest absolute Gasteiger partial charge is 0.126 e. The Morgan fingerprint density at radius 3 is 2.50 bits per heavy atom. The molecule has 1 atom stereocenters. The molecule has 1 nitrogen and oxygen atoms in total. The lowest BCUT2D eigenvalue weighted by molar-refractivity contribution is 0.565. The molecule has 98 valence electrons. The van der Waals surface area contributed by atoms with Crippen LogP contribution in [-0.2, 0) is 0 Å². The van der Waals surface area contributed by atoms with Crippen molar-refractivity contribution in [2.75, 3.05) is 7.05 Å². The summed E-state index contributed by atoms with van der Waals surface area (Å²) in [7, 11) is 1.90. The SMILES string of the molecule is CNC(CC#CC(C)(C)C)c1ccc(F)c(C)c1. The summed E-state index contributed by atoms with van der Waals surface area (Å²) in [6, 6.07) is 5.38. The second-order valence-corrected chi connectivity index (χ2v) is 5.61. The maximum Gasteiger partial charge on any atom is 0.126 e. The minimum Gasteiger partial charge on any atom is -0.312 e. The van der Waals surface area contributed by atoms with Gasteiger partial charge in [-0.25, -0.2) is 4.39 Å². The first kappa shape index (κ1) is 14.7. The van der Waals surface area contributed by atoms with Gasteiger partial charge in [-0.3, -0.25) is 0 Å². The molecule has 0 aromatic heterocycles. The van der Waals surface area contributed by atoms with Gasteiger partial charge in [0.2, 0.25) is 0 Å². The molecule has 1 aromatic rings. The molecule has 1 unspecified atom stereocenters. The third kappa shape index (κ3) is 4.50. The molecule has 1 rings (SSSR count). The van der Waals surface area contributed by atoms with E-state index in [-0.39, 0.29) is 17.3 Å². The van der Waals surface area contributed by atoms with Gasteiger partial charge in [0.05, 0.1) is 0 Å². The number of nitrogens with one attached hydrogen (secondary N) is 1. The zero-order chi connectivity index (χ0) is 13.8. The summed E-state index contributed by atoms with van der Waals surface area (Å²) in [6.45, 7) is 8.07. The number of hydrogen-bond donors (Lipinski definition) is 1. The molecule has 18 heavy (non-hydrogen) atoms. The molecule has 1 aromatic carbocycles. The van der Waals surface area contributed by atoms with Crippen LogP contribution in [0.1, 0.15) is 44.4 Å². The average Bonchev–Trinajstić information content (AvgIpc) is 2.27. The molecule has 1 N–H and O–H groups in total. The lowest BCUT2D eigenvalue weighted by atomic mass is 9.96. The van der Waals surface area contributed by atoms with Crippen molar-refractivity contribution >= 4 is 0 Å². The number of hydrogen-bond acceptors (Lipinski definition) is 1. The number of aryl methyl sites for hydroxylation is 1. The summed E-state index contributed by atoms with van der Waals surface area (Å²) in [6.07, 6.45) is 0.735. The first-order valence-corrected chi connectivity index (χ1v) is 6.27. The molecule has 0 aliphatic rings. The van der Waals surface area contributed by atoms with E-state index in [4.69, 9.17) is 0 Å². The number of benzene rings is 1. The van der Waals surface area contributed by atoms with Crippen molar-refractivity contribution in [1.82, 2.24) is 5.32 Å². The van der Waals surface area contributed by atoms with Crippen LogP contribution in [0.4, 0.5) is 4.39 Å². The van der Waals surface area contributed by atoms with E-state index in [1.54, 1.807) is 6.92 Å². The van der Waals surface area contributed by atoms with Gasteiger partial charge in [0, 0.05) is 17.9 Å². The summed E-state index contributed by atoms with van der Waals surface area (Å²) in [5, 5.41) is 3.23. The first-order chi connectivity index (χ1) is 8.33. The molecule has 0 radical (unpaired) electrons. The van der Waals surface area contributed by atoms with Crippen LogP contribution in [0, 0.1) is 30.0 Å². The Morgan fingerprint density at radius 2 is 2.00 bits per heavy atom. The van der Waals surface area contributed by atoms with Crippen LogP contribution < -0.4 is 5.32 Å². The Kier molecular flexibility index (Phi) is 4.93. The highest BCUT2D eigenvalue weighted by atomic mass is 19.1. The third-order valence-electron chi connectivity index (χ3n) is 2.70. The summed E-state index contributed by atoms with van der Waals surface area (Å²) < 4.78 is 13.2. The topological polar surface area (TPSA) is 12.0 Å². The summed E-state index contributed by atoms with van der Waals surface area (Å²) in [4.78, 5) is 0. The molecule has 0 heterocycles. The Hall–Kier alpha value is -1.33. The zero-order valence-electron chi connectivity index (χ0n) is 11.9. The van der Waals surface area contributed by atoms with Crippen molar-refractivity contribution in [3.63, 3.8) is 0 Å². The molecule has 0 fully saturated rings. The fourth-order valence-electron chi connectivity index (χ4n) is 1.69. The first-order valence-electron chi connectivity index (χ1n) is 6.27. The van der Waals surface area contributed by atoms with Crippen molar-refractivity contribution < 1.29 is 4.39 Å². The predicted molar refractivity (Wildman–Crippen MR) is 74.8 cm³/mol. The number of halogens is 1. The van der Waals surface area contributed by atoms with Crippen LogP contribution >= 0.6 is 0 Å². The lowest BCUT2D eigenvalue weighted by Crippen LogP contribution is -2.16. The van der Waals surface area contributed by atoms with Gasteiger partial charge in [-0.15, -0.1) is 5.92 Å². The maximum absolute atomic E-state index is 13.2. The van der Waals surface area contributed by atoms with E-state index >= 15 is 0 Å². The highest BCUT2D eigenvalue weighted by Crippen LogP contribution is 2.19. The molecular formula is C16H22FN. The van der Waals surface area contributed by atoms with Crippen LogP contribution in [0.2, 0.25) is 0 Å². The molecular weight excluding hydrogens is 225 g/mol. The van der Waals surface area contributed by atoms with Crippen molar-refractivity contribution in [1.29, 1.82) is 0 Å². The standard InChI is InChI=1S/C16H22FN/c1-12-11-13(8-9-14(12)17)15(18-5)7-6-10-16(2,3)4/h8-9,11,15,18H,7H2,1-5H3. The predicted octanol–water partition coefficient (Wildman–Crippen LogP) is 3.83. The molecule has 0 saturated heterocycles. The van der Waals surface area contributed by atoms with Gasteiger partial charge in [0.15, 0.2) is 0 Å². The second kappa shape index (κ2) is 6.02. The van der Waals surface area contributed by atoms with Crippen LogP contribution in [0.25, 0.3) is 0 Å². The molecule has 0 aliphatic carbocycles. The summed E-state index contributed by atoms with van der Waals surface area (Å²) in [5.41, 5.74) is 1.79. The largest absolute Gasteiger partial charge is 0.312 e. The number of rotatable bonds is 3. The minimum absolute atomic E-state index is 0.0248. The Labute approximate surface area is 110 Å². The second-order valence-electron chi connectivity index (χ2n) is 5.61. The van der Waals surface area contributed by atoms with E-state index in [1.165, 1.54) is 6.07 Å². The maximum atomic E-state index is 13.2. The Balaban J connectivity index is 2.82. The Morgan fingerprint density at radius 1 is 1.33 bits per heavy atom. The zero-order valence-corrected chi connectivity index (χ0v) is 11.9. The van der Waals surface area contributed by atoms with E-state index in [0.717, 1.165) is 12.0 Å². The van der Waals surface area contributed by atoms with Gasteiger partial charge in [0.25, 0.3) is 0 Å². The van der Waals surface area contributed by atoms with Gasteiger partial charge < -0.3 is 5.32 Å². The average molecular weight is 247 g/mol. The van der Waals surface area contributed by atoms with Crippen LogP contribution in [-0.4, -0.2) is 7.05 Å². The molecule has 0 spiro atoms. The van der Waals surface area contributed by atoms with Gasteiger partial charge in [-0.05, 0) is 51.9 Å². The molecule has 0 aliphatic heterocycles. The Bertz CT molecular complexity index is 460. The van der Waals surface area contributed by atoms with E-state index in [0.29, 0.717) is 5.56 Å². The summed E-state index contributed by atoms with van der Waals surface area (Å²) in [5.74, 6) is 6.26. The minimum atomic E-state index is -0.158. The van der Waals surface area contributed by atoms with Gasteiger partial charge >= 0.3 is 0 Å². The highest BCUT2D eigenvalue weighted by Gasteiger charge is 2.10. The van der Waals surface area contributed by atoms with Gasteiger partial charge in [-0.2, -0.15) is 0 Å². The normalized spacial score (nSPS) is 12.8. The van der Waals surface area contributed by atoms with E-state index in [1.807, 2.05) is 19.2 Å². The van der Waals surface area contributed by atoms with Crippen LogP contribution in [0.15, 0.2) is 18.2 Å². The molecule has 0 amide bonds. The van der Waals surface area contributed by atoms with Crippen molar-refractivity contribution in [3.05, 3.63) is 35.1 Å². The molecule has 2 heteroatoms. The van der Waals surface area contributed by atoms with Gasteiger partial charge in [0.1, 0.15) is 5.82 Å².